The Morgan fingerprint density at radius 1 is 0.292 bits per heavy atom. The Hall–Kier alpha value is -6.31. The van der Waals surface area contributed by atoms with Gasteiger partial charge in [-0.3, -0.25) is 0 Å². The molecule has 0 saturated heterocycles. The minimum atomic E-state index is 1.01. The van der Waals surface area contributed by atoms with E-state index >= 15 is 0 Å². The van der Waals surface area contributed by atoms with Gasteiger partial charge < -0.3 is 0 Å². The second-order valence-electron chi connectivity index (χ2n) is 12.7. The zero-order valence-corrected chi connectivity index (χ0v) is 26.2. The third-order valence-corrected chi connectivity index (χ3v) is 10.0. The van der Waals surface area contributed by atoms with Gasteiger partial charge >= 0.3 is 0 Å². The maximum absolute atomic E-state index is 5.33. The van der Waals surface area contributed by atoms with Crippen molar-refractivity contribution >= 4 is 64.8 Å². The quantitative estimate of drug-likeness (QED) is 0.182. The molecule has 0 spiro atoms. The summed E-state index contributed by atoms with van der Waals surface area (Å²) in [6.07, 6.45) is 0. The van der Waals surface area contributed by atoms with Gasteiger partial charge in [0.1, 0.15) is 0 Å². The number of para-hydroxylation sites is 1. The van der Waals surface area contributed by atoms with Gasteiger partial charge in [0.15, 0.2) is 0 Å². The molecule has 10 rings (SSSR count). The largest absolute Gasteiger partial charge is 0.247 e. The molecule has 222 valence electrons. The zero-order valence-electron chi connectivity index (χ0n) is 26.2. The molecule has 0 aliphatic rings. The van der Waals surface area contributed by atoms with Crippen LogP contribution in [0.4, 0.5) is 0 Å². The molecule has 10 aromatic rings. The van der Waals surface area contributed by atoms with Crippen LogP contribution >= 0.6 is 0 Å². The smallest absolute Gasteiger partial charge is 0.0788 e. The lowest BCUT2D eigenvalue weighted by Gasteiger charge is -2.17. The lowest BCUT2D eigenvalue weighted by atomic mass is 9.88. The molecule has 1 nitrogen and oxygen atoms in total. The number of hydrogen-bond acceptors (Lipinski definition) is 1. The van der Waals surface area contributed by atoms with Crippen LogP contribution in [0.1, 0.15) is 0 Å². The first kappa shape index (κ1) is 26.9. The molecule has 0 N–H and O–H groups in total. The van der Waals surface area contributed by atoms with Gasteiger partial charge in [-0.25, -0.2) is 4.98 Å². The summed E-state index contributed by atoms with van der Waals surface area (Å²) in [5, 5.41) is 13.7. The fraction of sp³-hybridized carbons (Fsp3) is 0. The van der Waals surface area contributed by atoms with Crippen LogP contribution in [0, 0.1) is 0 Å². The van der Waals surface area contributed by atoms with Crippen molar-refractivity contribution in [3.05, 3.63) is 176 Å². The van der Waals surface area contributed by atoms with E-state index in [0.717, 1.165) is 16.8 Å². The fourth-order valence-corrected chi connectivity index (χ4v) is 7.73. The highest BCUT2D eigenvalue weighted by molar-refractivity contribution is 6.25. The normalized spacial score (nSPS) is 11.8. The van der Waals surface area contributed by atoms with Gasteiger partial charge in [-0.15, -0.1) is 0 Å². The van der Waals surface area contributed by atoms with Gasteiger partial charge in [0, 0.05) is 21.7 Å². The van der Waals surface area contributed by atoms with Gasteiger partial charge in [-0.1, -0.05) is 152 Å². The van der Waals surface area contributed by atoms with Crippen molar-refractivity contribution in [3.63, 3.8) is 0 Å². The molecular formula is C47H29N. The van der Waals surface area contributed by atoms with Crippen LogP contribution in [0.3, 0.4) is 0 Å². The summed E-state index contributed by atoms with van der Waals surface area (Å²) in [5.41, 5.74) is 8.04. The molecule has 0 bridgehead atoms. The van der Waals surface area contributed by atoms with Crippen molar-refractivity contribution in [2.75, 3.05) is 0 Å². The van der Waals surface area contributed by atoms with Crippen molar-refractivity contribution in [1.82, 2.24) is 4.98 Å². The second-order valence-corrected chi connectivity index (χ2v) is 12.7. The van der Waals surface area contributed by atoms with Crippen LogP contribution in [0.5, 0.6) is 0 Å². The number of benzene rings is 9. The van der Waals surface area contributed by atoms with Crippen LogP contribution in [-0.2, 0) is 0 Å². The first-order chi connectivity index (χ1) is 23.8. The van der Waals surface area contributed by atoms with E-state index in [1.165, 1.54) is 81.5 Å². The molecule has 1 heterocycles. The average molecular weight is 608 g/mol. The van der Waals surface area contributed by atoms with Crippen LogP contribution in [0.25, 0.3) is 98.3 Å². The standard InChI is InChI=1S/C47H29N/c1-2-12-33-27-35(26-21-30(33)11-1)47-44-29-43(39-17-7-8-18-40(39)46(44)41-19-9-10-20-45(41)48-47)32-24-22-31(23-25-32)42-28-34-13-3-4-14-36(34)37-15-5-6-16-38(37)42/h1-29H. The van der Waals surface area contributed by atoms with Gasteiger partial charge in [0.2, 0.25) is 0 Å². The van der Waals surface area contributed by atoms with E-state index in [1.807, 2.05) is 0 Å². The third kappa shape index (κ3) is 4.15. The molecule has 0 aliphatic heterocycles. The predicted octanol–water partition coefficient (Wildman–Crippen LogP) is 13.0. The Balaban J connectivity index is 1.22. The predicted molar refractivity (Wildman–Crippen MR) is 206 cm³/mol. The fourth-order valence-electron chi connectivity index (χ4n) is 7.73. The highest BCUT2D eigenvalue weighted by Crippen LogP contribution is 2.43. The van der Waals surface area contributed by atoms with E-state index in [2.05, 4.69) is 176 Å². The summed E-state index contributed by atoms with van der Waals surface area (Å²) in [6, 6.07) is 64.0. The summed E-state index contributed by atoms with van der Waals surface area (Å²) < 4.78 is 0. The summed E-state index contributed by atoms with van der Waals surface area (Å²) in [6.45, 7) is 0. The highest BCUT2D eigenvalue weighted by Gasteiger charge is 2.17. The molecule has 9 aromatic carbocycles. The Labute approximate surface area is 278 Å². The second kappa shape index (κ2) is 10.6. The molecule has 0 unspecified atom stereocenters. The van der Waals surface area contributed by atoms with Gasteiger partial charge in [0.05, 0.1) is 11.2 Å². The van der Waals surface area contributed by atoms with Crippen LogP contribution in [-0.4, -0.2) is 4.98 Å². The first-order valence-corrected chi connectivity index (χ1v) is 16.5. The molecule has 0 saturated carbocycles. The number of aromatic nitrogens is 1. The summed E-state index contributed by atoms with van der Waals surface area (Å²) in [4.78, 5) is 5.33. The first-order valence-electron chi connectivity index (χ1n) is 16.5. The summed E-state index contributed by atoms with van der Waals surface area (Å²) >= 11 is 0. The van der Waals surface area contributed by atoms with Crippen LogP contribution in [0.15, 0.2) is 176 Å². The number of nitrogens with zero attached hydrogens (tertiary/aromatic N) is 1. The maximum atomic E-state index is 5.33. The highest BCUT2D eigenvalue weighted by atomic mass is 14.7. The van der Waals surface area contributed by atoms with E-state index in [0.29, 0.717) is 0 Å². The Morgan fingerprint density at radius 3 is 1.56 bits per heavy atom. The topological polar surface area (TPSA) is 12.9 Å². The Morgan fingerprint density at radius 2 is 0.812 bits per heavy atom. The van der Waals surface area contributed by atoms with Gasteiger partial charge in [0.25, 0.3) is 0 Å². The van der Waals surface area contributed by atoms with E-state index < -0.39 is 0 Å². The maximum Gasteiger partial charge on any atom is 0.0788 e. The molecule has 0 amide bonds. The molecule has 1 heteroatoms. The summed E-state index contributed by atoms with van der Waals surface area (Å²) in [7, 11) is 0. The third-order valence-electron chi connectivity index (χ3n) is 10.0. The minimum absolute atomic E-state index is 1.01. The van der Waals surface area contributed by atoms with E-state index in [1.54, 1.807) is 0 Å². The molecule has 0 aliphatic carbocycles. The van der Waals surface area contributed by atoms with Crippen molar-refractivity contribution in [2.24, 2.45) is 0 Å². The van der Waals surface area contributed by atoms with Gasteiger partial charge in [-0.05, 0) is 89.6 Å². The Bertz CT molecular complexity index is 2880. The van der Waals surface area contributed by atoms with E-state index in [-0.39, 0.29) is 0 Å². The SMILES string of the molecule is c1ccc2cc(-c3nc4ccccc4c4c3cc(-c3ccc(-c5cc6ccccc6c6ccccc56)cc3)c3ccccc34)ccc2c1. The van der Waals surface area contributed by atoms with Crippen molar-refractivity contribution < 1.29 is 0 Å². The summed E-state index contributed by atoms with van der Waals surface area (Å²) in [5.74, 6) is 0. The van der Waals surface area contributed by atoms with Crippen molar-refractivity contribution in [1.29, 1.82) is 0 Å². The molecule has 0 atom stereocenters. The molecule has 0 radical (unpaired) electrons. The zero-order chi connectivity index (χ0) is 31.6. The number of rotatable bonds is 3. The molecular weight excluding hydrogens is 579 g/mol. The van der Waals surface area contributed by atoms with E-state index in [9.17, 15) is 0 Å². The minimum Gasteiger partial charge on any atom is -0.247 e. The molecule has 0 fully saturated rings. The number of hydrogen-bond donors (Lipinski definition) is 0. The number of fused-ring (bicyclic) bond motifs is 9. The average Bonchev–Trinajstić information content (AvgIpc) is 3.16. The molecule has 1 aromatic heterocycles. The lowest BCUT2D eigenvalue weighted by Crippen LogP contribution is -1.93. The number of pyridine rings is 1. The molecule has 48 heavy (non-hydrogen) atoms. The van der Waals surface area contributed by atoms with Crippen molar-refractivity contribution in [3.8, 4) is 33.5 Å². The lowest BCUT2D eigenvalue weighted by molar-refractivity contribution is 1.43. The van der Waals surface area contributed by atoms with Crippen molar-refractivity contribution in [2.45, 2.75) is 0 Å². The van der Waals surface area contributed by atoms with E-state index in [4.69, 9.17) is 4.98 Å². The van der Waals surface area contributed by atoms with Crippen LogP contribution in [0.2, 0.25) is 0 Å². The van der Waals surface area contributed by atoms with Crippen LogP contribution < -0.4 is 0 Å². The monoisotopic (exact) mass is 607 g/mol. The Kier molecular flexibility index (Phi) is 5.94. The van der Waals surface area contributed by atoms with Gasteiger partial charge in [-0.2, -0.15) is 0 Å².